The Morgan fingerprint density at radius 3 is 2.20 bits per heavy atom. The number of ether oxygens (including phenoxy) is 2. The van der Waals surface area contributed by atoms with Gasteiger partial charge in [0.25, 0.3) is 10.0 Å². The summed E-state index contributed by atoms with van der Waals surface area (Å²) in [6.45, 7) is 3.23. The van der Waals surface area contributed by atoms with E-state index in [0.29, 0.717) is 24.3 Å². The van der Waals surface area contributed by atoms with Crippen molar-refractivity contribution in [1.82, 2.24) is 10.2 Å². The molecule has 9 nitrogen and oxygen atoms in total. The number of rotatable bonds is 13. The van der Waals surface area contributed by atoms with E-state index in [1.165, 1.54) is 73.7 Å². The zero-order chi connectivity index (χ0) is 29.3. The van der Waals surface area contributed by atoms with E-state index in [0.717, 1.165) is 4.31 Å². The number of carbonyl (C=O) groups excluding carboxylic acids is 2. The van der Waals surface area contributed by atoms with Crippen molar-refractivity contribution in [1.29, 1.82) is 0 Å². The summed E-state index contributed by atoms with van der Waals surface area (Å²) >= 11 is 0. The van der Waals surface area contributed by atoms with Crippen molar-refractivity contribution in [3.05, 3.63) is 84.2 Å². The molecule has 0 saturated heterocycles. The average Bonchev–Trinajstić information content (AvgIpc) is 2.97. The molecule has 11 heteroatoms. The third-order valence-corrected chi connectivity index (χ3v) is 8.04. The first-order valence-electron chi connectivity index (χ1n) is 12.7. The minimum absolute atomic E-state index is 0.0395. The van der Waals surface area contributed by atoms with E-state index in [1.807, 2.05) is 6.92 Å². The third kappa shape index (κ3) is 7.29. The molecular formula is C29H34FN3O6S. The Hall–Kier alpha value is -4.12. The number of hydrogen-bond acceptors (Lipinski definition) is 6. The molecule has 0 radical (unpaired) electrons. The van der Waals surface area contributed by atoms with Crippen molar-refractivity contribution < 1.29 is 31.9 Å². The van der Waals surface area contributed by atoms with Crippen LogP contribution in [-0.2, 0) is 26.2 Å². The average molecular weight is 572 g/mol. The molecular weight excluding hydrogens is 537 g/mol. The van der Waals surface area contributed by atoms with Gasteiger partial charge in [-0.15, -0.1) is 0 Å². The highest BCUT2D eigenvalue weighted by molar-refractivity contribution is 7.92. The van der Waals surface area contributed by atoms with Crippen LogP contribution in [0.25, 0.3) is 0 Å². The monoisotopic (exact) mass is 571 g/mol. The molecule has 3 rings (SSSR count). The number of hydrogen-bond donors (Lipinski definition) is 1. The van der Waals surface area contributed by atoms with Gasteiger partial charge in [0.15, 0.2) is 0 Å². The zero-order valence-corrected chi connectivity index (χ0v) is 23.8. The van der Waals surface area contributed by atoms with E-state index in [1.54, 1.807) is 25.1 Å². The second kappa shape index (κ2) is 13.8. The highest BCUT2D eigenvalue weighted by Crippen LogP contribution is 2.33. The van der Waals surface area contributed by atoms with Gasteiger partial charge in [0.05, 0.1) is 24.8 Å². The Morgan fingerprint density at radius 2 is 1.60 bits per heavy atom. The number of anilines is 1. The lowest BCUT2D eigenvalue weighted by Gasteiger charge is -2.32. The summed E-state index contributed by atoms with van der Waals surface area (Å²) < 4.78 is 53.0. The van der Waals surface area contributed by atoms with Crippen molar-refractivity contribution in [2.24, 2.45) is 0 Å². The minimum atomic E-state index is -4.28. The first-order valence-corrected chi connectivity index (χ1v) is 14.2. The van der Waals surface area contributed by atoms with Gasteiger partial charge in [-0.3, -0.25) is 13.9 Å². The van der Waals surface area contributed by atoms with Crippen molar-refractivity contribution in [3.63, 3.8) is 0 Å². The fourth-order valence-electron chi connectivity index (χ4n) is 3.99. The standard InChI is InChI=1S/C29H34FN3O6S/c1-5-18-31-29(35)21(2)32(19-22-10-12-23(30)13-11-22)28(34)20-33(26-8-6-7-9-27(26)39-4)40(36,37)25-16-14-24(38-3)15-17-25/h6-17,21H,5,18-20H2,1-4H3,(H,31,35)/t21-/m1/s1. The maximum atomic E-state index is 13.9. The van der Waals surface area contributed by atoms with Gasteiger partial charge in [-0.1, -0.05) is 31.2 Å². The first-order chi connectivity index (χ1) is 19.1. The summed E-state index contributed by atoms with van der Waals surface area (Å²) in [5, 5.41) is 2.78. The number of amides is 2. The largest absolute Gasteiger partial charge is 0.497 e. The zero-order valence-electron chi connectivity index (χ0n) is 23.0. The summed E-state index contributed by atoms with van der Waals surface area (Å²) in [7, 11) is -1.41. The fraction of sp³-hybridized carbons (Fsp3) is 0.310. The second-order valence-corrected chi connectivity index (χ2v) is 10.8. The van der Waals surface area contributed by atoms with Gasteiger partial charge in [0, 0.05) is 13.1 Å². The summed E-state index contributed by atoms with van der Waals surface area (Å²) in [6, 6.07) is 16.8. The van der Waals surface area contributed by atoms with Gasteiger partial charge in [-0.05, 0) is 67.4 Å². The highest BCUT2D eigenvalue weighted by Gasteiger charge is 2.33. The van der Waals surface area contributed by atoms with Crippen LogP contribution in [0.2, 0.25) is 0 Å². The van der Waals surface area contributed by atoms with E-state index < -0.39 is 34.3 Å². The van der Waals surface area contributed by atoms with E-state index in [2.05, 4.69) is 5.32 Å². The van der Waals surface area contributed by atoms with Crippen molar-refractivity contribution in [3.8, 4) is 11.5 Å². The van der Waals surface area contributed by atoms with Crippen molar-refractivity contribution in [2.45, 2.75) is 37.8 Å². The van der Waals surface area contributed by atoms with Crippen molar-refractivity contribution in [2.75, 3.05) is 31.6 Å². The van der Waals surface area contributed by atoms with Gasteiger partial charge < -0.3 is 19.7 Å². The molecule has 1 N–H and O–H groups in total. The number of benzene rings is 3. The highest BCUT2D eigenvalue weighted by atomic mass is 32.2. The Kier molecular flexibility index (Phi) is 10.5. The van der Waals surface area contributed by atoms with Gasteiger partial charge in [0.1, 0.15) is 29.9 Å². The van der Waals surface area contributed by atoms with Gasteiger partial charge in [-0.2, -0.15) is 0 Å². The summed E-state index contributed by atoms with van der Waals surface area (Å²) in [6.07, 6.45) is 0.700. The molecule has 0 spiro atoms. The van der Waals surface area contributed by atoms with Crippen LogP contribution in [0.15, 0.2) is 77.7 Å². The lowest BCUT2D eigenvalue weighted by atomic mass is 10.1. The number of sulfonamides is 1. The normalized spacial score (nSPS) is 11.8. The summed E-state index contributed by atoms with van der Waals surface area (Å²) in [5.74, 6) is -0.753. The van der Waals surface area contributed by atoms with E-state index in [4.69, 9.17) is 9.47 Å². The topological polar surface area (TPSA) is 105 Å². The molecule has 0 aromatic heterocycles. The number of nitrogens with one attached hydrogen (secondary N) is 1. The van der Waals surface area contributed by atoms with E-state index in [-0.39, 0.29) is 28.8 Å². The SMILES string of the molecule is CCCNC(=O)[C@@H](C)N(Cc1ccc(F)cc1)C(=O)CN(c1ccccc1OC)S(=O)(=O)c1ccc(OC)cc1. The number of methoxy groups -OCH3 is 2. The minimum Gasteiger partial charge on any atom is -0.497 e. The quantitative estimate of drug-likeness (QED) is 0.333. The third-order valence-electron chi connectivity index (χ3n) is 6.26. The van der Waals surface area contributed by atoms with E-state index in [9.17, 15) is 22.4 Å². The second-order valence-electron chi connectivity index (χ2n) is 8.97. The smallest absolute Gasteiger partial charge is 0.264 e. The molecule has 3 aromatic rings. The van der Waals surface area contributed by atoms with Crippen LogP contribution in [0.5, 0.6) is 11.5 Å². The van der Waals surface area contributed by atoms with E-state index >= 15 is 0 Å². The predicted octanol–water partition coefficient (Wildman–Crippen LogP) is 3.98. The molecule has 0 bridgehead atoms. The maximum absolute atomic E-state index is 13.9. The lowest BCUT2D eigenvalue weighted by molar-refractivity contribution is -0.139. The Labute approximate surface area is 234 Å². The van der Waals surface area contributed by atoms with Crippen molar-refractivity contribution >= 4 is 27.5 Å². The van der Waals surface area contributed by atoms with Gasteiger partial charge in [-0.25, -0.2) is 12.8 Å². The molecule has 0 aliphatic heterocycles. The van der Waals surface area contributed by atoms with Crippen LogP contribution >= 0.6 is 0 Å². The summed E-state index contributed by atoms with van der Waals surface area (Å²) in [5.41, 5.74) is 0.728. The van der Waals surface area contributed by atoms with Gasteiger partial charge >= 0.3 is 0 Å². The molecule has 0 fully saturated rings. The number of halogens is 1. The Balaban J connectivity index is 2.05. The number of nitrogens with zero attached hydrogens (tertiary/aromatic N) is 2. The molecule has 3 aromatic carbocycles. The summed E-state index contributed by atoms with van der Waals surface area (Å²) in [4.78, 5) is 28.0. The Bertz CT molecular complexity index is 1400. The molecule has 1 atom stereocenters. The molecule has 40 heavy (non-hydrogen) atoms. The first kappa shape index (κ1) is 30.4. The van der Waals surface area contributed by atoms with Gasteiger partial charge in [0.2, 0.25) is 11.8 Å². The lowest BCUT2D eigenvalue weighted by Crippen LogP contribution is -2.51. The van der Waals surface area contributed by atoms with Crippen LogP contribution in [0.4, 0.5) is 10.1 Å². The molecule has 0 saturated carbocycles. The predicted molar refractivity (Wildman–Crippen MR) is 150 cm³/mol. The molecule has 0 aliphatic carbocycles. The molecule has 214 valence electrons. The van der Waals surface area contributed by atoms with Crippen LogP contribution in [-0.4, -0.2) is 58.5 Å². The van der Waals surface area contributed by atoms with Crippen LogP contribution in [0.1, 0.15) is 25.8 Å². The molecule has 0 heterocycles. The molecule has 0 unspecified atom stereocenters. The number of carbonyl (C=O) groups is 2. The maximum Gasteiger partial charge on any atom is 0.264 e. The van der Waals surface area contributed by atoms with Crippen LogP contribution in [0.3, 0.4) is 0 Å². The fourth-order valence-corrected chi connectivity index (χ4v) is 5.41. The Morgan fingerprint density at radius 1 is 0.950 bits per heavy atom. The van der Waals surface area contributed by atoms with Crippen LogP contribution in [0, 0.1) is 5.82 Å². The van der Waals surface area contributed by atoms with Crippen LogP contribution < -0.4 is 19.1 Å². The molecule has 2 amide bonds. The molecule has 0 aliphatic rings. The number of para-hydroxylation sites is 2.